The summed E-state index contributed by atoms with van der Waals surface area (Å²) in [7, 11) is 0. The largest absolute Gasteiger partial charge is 0.370 e. The number of rotatable bonds is 5. The zero-order chi connectivity index (χ0) is 11.3. The van der Waals surface area contributed by atoms with E-state index < -0.39 is 0 Å². The minimum absolute atomic E-state index is 0.279. The Kier molecular flexibility index (Phi) is 4.03. The second-order valence-electron chi connectivity index (χ2n) is 3.47. The lowest BCUT2D eigenvalue weighted by Gasteiger charge is -2.05. The normalized spacial score (nSPS) is 10.0. The minimum Gasteiger partial charge on any atom is -0.370 e. The van der Waals surface area contributed by atoms with Crippen molar-refractivity contribution in [1.29, 1.82) is 0 Å². The van der Waals surface area contributed by atoms with Gasteiger partial charge in [0.05, 0.1) is 0 Å². The summed E-state index contributed by atoms with van der Waals surface area (Å²) in [6.07, 6.45) is 1.09. The molecule has 1 aromatic rings. The lowest BCUT2D eigenvalue weighted by Crippen LogP contribution is -2.13. The molecule has 0 aliphatic heterocycles. The molecule has 0 bridgehead atoms. The molecule has 5 heteroatoms. The van der Waals surface area contributed by atoms with E-state index in [1.165, 1.54) is 0 Å². The van der Waals surface area contributed by atoms with E-state index >= 15 is 0 Å². The quantitative estimate of drug-likeness (QED) is 0.700. The van der Waals surface area contributed by atoms with Gasteiger partial charge < -0.3 is 11.1 Å². The van der Waals surface area contributed by atoms with E-state index in [0.717, 1.165) is 11.4 Å². The van der Waals surface area contributed by atoms with Crippen molar-refractivity contribution in [2.75, 3.05) is 11.9 Å². The number of amides is 1. The van der Waals surface area contributed by atoms with Crippen LogP contribution >= 0.6 is 0 Å². The summed E-state index contributed by atoms with van der Waals surface area (Å²) in [4.78, 5) is 18.9. The highest BCUT2D eigenvalue weighted by molar-refractivity contribution is 5.73. The summed E-state index contributed by atoms with van der Waals surface area (Å²) >= 11 is 0. The monoisotopic (exact) mass is 208 g/mol. The summed E-state index contributed by atoms with van der Waals surface area (Å²) in [5.74, 6) is 0.329. The van der Waals surface area contributed by atoms with Gasteiger partial charge in [0.1, 0.15) is 0 Å². The van der Waals surface area contributed by atoms with Gasteiger partial charge in [-0.2, -0.15) is 0 Å². The number of aromatic nitrogens is 2. The first kappa shape index (κ1) is 11.4. The third-order valence-electron chi connectivity index (χ3n) is 1.87. The number of carbonyl (C=O) groups excluding carboxylic acids is 1. The third kappa shape index (κ3) is 4.39. The first-order valence-corrected chi connectivity index (χ1v) is 4.92. The minimum atomic E-state index is -0.279. The smallest absolute Gasteiger partial charge is 0.223 e. The van der Waals surface area contributed by atoms with Crippen molar-refractivity contribution in [3.63, 3.8) is 0 Å². The van der Waals surface area contributed by atoms with Gasteiger partial charge in [-0.05, 0) is 26.3 Å². The molecule has 3 N–H and O–H groups in total. The maximum Gasteiger partial charge on any atom is 0.223 e. The predicted molar refractivity (Wildman–Crippen MR) is 58.4 cm³/mol. The average molecular weight is 208 g/mol. The van der Waals surface area contributed by atoms with E-state index in [9.17, 15) is 4.79 Å². The van der Waals surface area contributed by atoms with Crippen molar-refractivity contribution in [2.45, 2.75) is 26.7 Å². The van der Waals surface area contributed by atoms with Crippen LogP contribution in [0.3, 0.4) is 0 Å². The molecule has 1 amide bonds. The number of aryl methyl sites for hydroxylation is 2. The predicted octanol–water partition coefficient (Wildman–Crippen LogP) is 0.771. The summed E-state index contributed by atoms with van der Waals surface area (Å²) in [5, 5.41) is 3.05. The van der Waals surface area contributed by atoms with Crippen molar-refractivity contribution in [3.05, 3.63) is 17.5 Å². The zero-order valence-electron chi connectivity index (χ0n) is 9.08. The van der Waals surface area contributed by atoms with Gasteiger partial charge in [0.15, 0.2) is 0 Å². The van der Waals surface area contributed by atoms with E-state index in [4.69, 9.17) is 5.73 Å². The van der Waals surface area contributed by atoms with Crippen molar-refractivity contribution >= 4 is 11.9 Å². The Morgan fingerprint density at radius 2 is 2.00 bits per heavy atom. The van der Waals surface area contributed by atoms with Crippen LogP contribution in [0.2, 0.25) is 0 Å². The van der Waals surface area contributed by atoms with Crippen LogP contribution in [0.1, 0.15) is 24.2 Å². The molecular formula is C10H16N4O. The molecule has 1 rings (SSSR count). The summed E-state index contributed by atoms with van der Waals surface area (Å²) in [6, 6.07) is 1.91. The third-order valence-corrected chi connectivity index (χ3v) is 1.87. The summed E-state index contributed by atoms with van der Waals surface area (Å²) in [5.41, 5.74) is 6.88. The standard InChI is InChI=1S/C10H16N4O/c1-7-6-8(2)14-10(13-7)12-5-3-4-9(11)15/h6H,3-5H2,1-2H3,(H2,11,15)(H,12,13,14). The lowest BCUT2D eigenvalue weighted by molar-refractivity contribution is -0.118. The molecular weight excluding hydrogens is 192 g/mol. The highest BCUT2D eigenvalue weighted by Gasteiger charge is 1.99. The van der Waals surface area contributed by atoms with Crippen molar-refractivity contribution < 1.29 is 4.79 Å². The zero-order valence-corrected chi connectivity index (χ0v) is 9.08. The van der Waals surface area contributed by atoms with E-state index in [0.29, 0.717) is 25.3 Å². The van der Waals surface area contributed by atoms with Crippen LogP contribution in [0.4, 0.5) is 5.95 Å². The van der Waals surface area contributed by atoms with Gasteiger partial charge in [-0.25, -0.2) is 9.97 Å². The lowest BCUT2D eigenvalue weighted by atomic mass is 10.3. The molecule has 0 aliphatic rings. The van der Waals surface area contributed by atoms with Crippen LogP contribution in [-0.4, -0.2) is 22.4 Å². The number of nitrogens with one attached hydrogen (secondary N) is 1. The fourth-order valence-corrected chi connectivity index (χ4v) is 1.27. The molecule has 5 nitrogen and oxygen atoms in total. The molecule has 0 aliphatic carbocycles. The van der Waals surface area contributed by atoms with Gasteiger partial charge >= 0.3 is 0 Å². The van der Waals surface area contributed by atoms with Gasteiger partial charge in [0.25, 0.3) is 0 Å². The Hall–Kier alpha value is -1.65. The molecule has 0 fully saturated rings. The van der Waals surface area contributed by atoms with Crippen molar-refractivity contribution in [2.24, 2.45) is 5.73 Å². The van der Waals surface area contributed by atoms with Gasteiger partial charge in [0, 0.05) is 24.4 Å². The number of hydrogen-bond donors (Lipinski definition) is 2. The van der Waals surface area contributed by atoms with Crippen molar-refractivity contribution in [1.82, 2.24) is 9.97 Å². The van der Waals surface area contributed by atoms with E-state index in [2.05, 4.69) is 15.3 Å². The highest BCUT2D eigenvalue weighted by atomic mass is 16.1. The topological polar surface area (TPSA) is 80.9 Å². The highest BCUT2D eigenvalue weighted by Crippen LogP contribution is 2.03. The first-order chi connectivity index (χ1) is 7.08. The van der Waals surface area contributed by atoms with Gasteiger partial charge in [-0.3, -0.25) is 4.79 Å². The van der Waals surface area contributed by atoms with Crippen molar-refractivity contribution in [3.8, 4) is 0 Å². The van der Waals surface area contributed by atoms with Gasteiger partial charge in [-0.1, -0.05) is 0 Å². The Bertz CT molecular complexity index is 331. The molecule has 15 heavy (non-hydrogen) atoms. The van der Waals surface area contributed by atoms with Crippen LogP contribution in [0.25, 0.3) is 0 Å². The second kappa shape index (κ2) is 5.29. The number of carbonyl (C=O) groups is 1. The fraction of sp³-hybridized carbons (Fsp3) is 0.500. The van der Waals surface area contributed by atoms with Crippen LogP contribution in [0.15, 0.2) is 6.07 Å². The Labute approximate surface area is 89.1 Å². The molecule has 0 saturated carbocycles. The number of nitrogens with zero attached hydrogens (tertiary/aromatic N) is 2. The van der Waals surface area contributed by atoms with E-state index in [1.807, 2.05) is 19.9 Å². The molecule has 82 valence electrons. The van der Waals surface area contributed by atoms with E-state index in [-0.39, 0.29) is 5.91 Å². The van der Waals surface area contributed by atoms with Crippen LogP contribution in [0, 0.1) is 13.8 Å². The Morgan fingerprint density at radius 1 is 1.40 bits per heavy atom. The Balaban J connectivity index is 2.40. The number of anilines is 1. The maximum atomic E-state index is 10.5. The van der Waals surface area contributed by atoms with Crippen LogP contribution in [-0.2, 0) is 4.79 Å². The average Bonchev–Trinajstić information content (AvgIpc) is 2.10. The number of nitrogens with two attached hydrogens (primary N) is 1. The van der Waals surface area contributed by atoms with Gasteiger partial charge in [0.2, 0.25) is 11.9 Å². The first-order valence-electron chi connectivity index (χ1n) is 4.92. The molecule has 0 unspecified atom stereocenters. The summed E-state index contributed by atoms with van der Waals surface area (Å²) < 4.78 is 0. The maximum absolute atomic E-state index is 10.5. The van der Waals surface area contributed by atoms with Gasteiger partial charge in [-0.15, -0.1) is 0 Å². The Morgan fingerprint density at radius 3 is 2.53 bits per heavy atom. The number of hydrogen-bond acceptors (Lipinski definition) is 4. The second-order valence-corrected chi connectivity index (χ2v) is 3.47. The molecule has 0 spiro atoms. The van der Waals surface area contributed by atoms with Crippen LogP contribution in [0.5, 0.6) is 0 Å². The fourth-order valence-electron chi connectivity index (χ4n) is 1.27. The molecule has 1 aromatic heterocycles. The summed E-state index contributed by atoms with van der Waals surface area (Å²) in [6.45, 7) is 4.50. The molecule has 0 aromatic carbocycles. The van der Waals surface area contributed by atoms with E-state index in [1.54, 1.807) is 0 Å². The number of primary amides is 1. The molecule has 1 heterocycles. The molecule has 0 radical (unpaired) electrons. The van der Waals surface area contributed by atoms with Crippen LogP contribution < -0.4 is 11.1 Å². The SMILES string of the molecule is Cc1cc(C)nc(NCCCC(N)=O)n1. The molecule has 0 saturated heterocycles. The molecule has 0 atom stereocenters.